The number of carbonyl (C=O) groups excluding carboxylic acids is 3. The van der Waals surface area contributed by atoms with E-state index in [1.807, 2.05) is 0 Å². The van der Waals surface area contributed by atoms with Crippen LogP contribution in [0.2, 0.25) is 0 Å². The van der Waals surface area contributed by atoms with Crippen LogP contribution in [-0.2, 0) is 14.4 Å². The van der Waals surface area contributed by atoms with Crippen LogP contribution in [0.1, 0.15) is 19.1 Å². The largest absolute Gasteiger partial charge is 0.360 e. The van der Waals surface area contributed by atoms with Gasteiger partial charge in [-0.3, -0.25) is 19.3 Å². The zero-order valence-corrected chi connectivity index (χ0v) is 13.9. The zero-order valence-electron chi connectivity index (χ0n) is 13.9. The molecule has 0 bridgehead atoms. The maximum atomic E-state index is 12.4. The third-order valence-corrected chi connectivity index (χ3v) is 3.86. The smallest absolute Gasteiger partial charge is 0.229 e. The van der Waals surface area contributed by atoms with Gasteiger partial charge in [-0.05, 0) is 31.2 Å². The maximum Gasteiger partial charge on any atom is 0.229 e. The second-order valence-electron chi connectivity index (χ2n) is 5.95. The van der Waals surface area contributed by atoms with E-state index < -0.39 is 5.92 Å². The van der Waals surface area contributed by atoms with Crippen molar-refractivity contribution in [3.63, 3.8) is 0 Å². The maximum absolute atomic E-state index is 12.4. The van der Waals surface area contributed by atoms with E-state index in [1.165, 1.54) is 11.8 Å². The van der Waals surface area contributed by atoms with Crippen molar-refractivity contribution in [3.8, 4) is 0 Å². The lowest BCUT2D eigenvalue weighted by Crippen LogP contribution is -2.28. The lowest BCUT2D eigenvalue weighted by molar-refractivity contribution is -0.122. The van der Waals surface area contributed by atoms with Gasteiger partial charge < -0.3 is 15.2 Å². The van der Waals surface area contributed by atoms with Crippen LogP contribution in [0.25, 0.3) is 0 Å². The Hall–Kier alpha value is -3.16. The standard InChI is InChI=1S/C17H18N4O4/c1-10-7-15(20-25-10)21-9-12(8-16(21)23)17(24)19-14-5-3-13(4-6-14)18-11(2)22/h3-7,12H,8-9H2,1-2H3,(H,18,22)(H,19,24). The fraction of sp³-hybridized carbons (Fsp3) is 0.294. The number of aryl methyl sites for hydroxylation is 1. The van der Waals surface area contributed by atoms with Crippen LogP contribution in [-0.4, -0.2) is 29.4 Å². The Morgan fingerprint density at radius 2 is 1.84 bits per heavy atom. The first-order chi connectivity index (χ1) is 11.9. The van der Waals surface area contributed by atoms with Crippen LogP contribution >= 0.6 is 0 Å². The molecule has 8 nitrogen and oxygen atoms in total. The molecule has 2 aromatic rings. The van der Waals surface area contributed by atoms with Gasteiger partial charge in [-0.25, -0.2) is 0 Å². The molecule has 8 heteroatoms. The summed E-state index contributed by atoms with van der Waals surface area (Å²) < 4.78 is 4.98. The summed E-state index contributed by atoms with van der Waals surface area (Å²) in [4.78, 5) is 37.0. The Balaban J connectivity index is 1.62. The average molecular weight is 342 g/mol. The van der Waals surface area contributed by atoms with Crippen LogP contribution in [0, 0.1) is 12.8 Å². The molecule has 130 valence electrons. The molecule has 1 aliphatic heterocycles. The molecular formula is C17H18N4O4. The summed E-state index contributed by atoms with van der Waals surface area (Å²) in [6.07, 6.45) is 0.127. The van der Waals surface area contributed by atoms with Crippen molar-refractivity contribution in [2.75, 3.05) is 22.1 Å². The topological polar surface area (TPSA) is 105 Å². The quantitative estimate of drug-likeness (QED) is 0.883. The Labute approximate surface area is 144 Å². The van der Waals surface area contributed by atoms with Crippen molar-refractivity contribution in [1.29, 1.82) is 0 Å². The third-order valence-electron chi connectivity index (χ3n) is 3.86. The molecule has 0 saturated carbocycles. The molecule has 2 heterocycles. The highest BCUT2D eigenvalue weighted by molar-refractivity contribution is 6.03. The molecule has 1 unspecified atom stereocenters. The first-order valence-electron chi connectivity index (χ1n) is 7.84. The van der Waals surface area contributed by atoms with E-state index in [1.54, 1.807) is 37.3 Å². The lowest BCUT2D eigenvalue weighted by atomic mass is 10.1. The van der Waals surface area contributed by atoms with Gasteiger partial charge in [0.05, 0.1) is 5.92 Å². The highest BCUT2D eigenvalue weighted by Gasteiger charge is 2.36. The monoisotopic (exact) mass is 342 g/mol. The summed E-state index contributed by atoms with van der Waals surface area (Å²) in [6.45, 7) is 3.43. The number of rotatable bonds is 4. The minimum Gasteiger partial charge on any atom is -0.360 e. The van der Waals surface area contributed by atoms with E-state index in [9.17, 15) is 14.4 Å². The van der Waals surface area contributed by atoms with Crippen LogP contribution in [0.4, 0.5) is 17.2 Å². The average Bonchev–Trinajstić information content (AvgIpc) is 3.14. The number of nitrogens with one attached hydrogen (secondary N) is 2. The molecule has 1 aliphatic rings. The number of hydrogen-bond donors (Lipinski definition) is 2. The van der Waals surface area contributed by atoms with Crippen LogP contribution in [0.5, 0.6) is 0 Å². The highest BCUT2D eigenvalue weighted by Crippen LogP contribution is 2.26. The molecule has 1 saturated heterocycles. The van der Waals surface area contributed by atoms with Gasteiger partial charge in [0.1, 0.15) is 5.76 Å². The fourth-order valence-corrected chi connectivity index (χ4v) is 2.67. The summed E-state index contributed by atoms with van der Waals surface area (Å²) in [5.74, 6) is 0.0224. The molecule has 3 rings (SSSR count). The Morgan fingerprint density at radius 1 is 1.20 bits per heavy atom. The van der Waals surface area contributed by atoms with Crippen molar-refractivity contribution in [2.45, 2.75) is 20.3 Å². The Morgan fingerprint density at radius 3 is 2.40 bits per heavy atom. The lowest BCUT2D eigenvalue weighted by Gasteiger charge is -2.13. The minimum atomic E-state index is -0.459. The molecule has 0 spiro atoms. The van der Waals surface area contributed by atoms with Gasteiger partial charge in [-0.2, -0.15) is 0 Å². The van der Waals surface area contributed by atoms with Gasteiger partial charge in [0.25, 0.3) is 0 Å². The number of hydrogen-bond acceptors (Lipinski definition) is 5. The van der Waals surface area contributed by atoms with Crippen molar-refractivity contribution in [3.05, 3.63) is 36.1 Å². The molecule has 1 atom stereocenters. The van der Waals surface area contributed by atoms with Crippen LogP contribution < -0.4 is 15.5 Å². The first kappa shape index (κ1) is 16.7. The van der Waals surface area contributed by atoms with E-state index >= 15 is 0 Å². The predicted molar refractivity (Wildman–Crippen MR) is 91.1 cm³/mol. The zero-order chi connectivity index (χ0) is 18.0. The summed E-state index contributed by atoms with van der Waals surface area (Å²) in [6, 6.07) is 8.44. The van der Waals surface area contributed by atoms with Gasteiger partial charge in [-0.1, -0.05) is 5.16 Å². The van der Waals surface area contributed by atoms with E-state index in [0.717, 1.165) is 0 Å². The molecule has 25 heavy (non-hydrogen) atoms. The summed E-state index contributed by atoms with van der Waals surface area (Å²) in [7, 11) is 0. The summed E-state index contributed by atoms with van der Waals surface area (Å²) >= 11 is 0. The van der Waals surface area contributed by atoms with Crippen molar-refractivity contribution in [2.24, 2.45) is 5.92 Å². The molecule has 2 N–H and O–H groups in total. The molecule has 0 radical (unpaired) electrons. The molecule has 1 aromatic carbocycles. The number of nitrogens with zero attached hydrogens (tertiary/aromatic N) is 2. The van der Waals surface area contributed by atoms with Gasteiger partial charge in [-0.15, -0.1) is 0 Å². The van der Waals surface area contributed by atoms with Gasteiger partial charge in [0.2, 0.25) is 17.7 Å². The first-order valence-corrected chi connectivity index (χ1v) is 7.84. The number of carbonyl (C=O) groups is 3. The highest BCUT2D eigenvalue weighted by atomic mass is 16.5. The minimum absolute atomic E-state index is 0.127. The fourth-order valence-electron chi connectivity index (χ4n) is 2.67. The second kappa shape index (κ2) is 6.76. The number of anilines is 3. The van der Waals surface area contributed by atoms with Gasteiger partial charge in [0, 0.05) is 37.3 Å². The van der Waals surface area contributed by atoms with Crippen LogP contribution in [0.15, 0.2) is 34.9 Å². The molecule has 3 amide bonds. The van der Waals surface area contributed by atoms with Gasteiger partial charge >= 0.3 is 0 Å². The van der Waals surface area contributed by atoms with E-state index in [-0.39, 0.29) is 30.7 Å². The normalized spacial score (nSPS) is 16.8. The van der Waals surface area contributed by atoms with Gasteiger partial charge in [0.15, 0.2) is 5.82 Å². The Bertz CT molecular complexity index is 812. The van der Waals surface area contributed by atoms with E-state index in [0.29, 0.717) is 23.0 Å². The second-order valence-corrected chi connectivity index (χ2v) is 5.95. The molecule has 0 aliphatic carbocycles. The summed E-state index contributed by atoms with van der Waals surface area (Å²) in [5.41, 5.74) is 1.25. The van der Waals surface area contributed by atoms with Crippen molar-refractivity contribution in [1.82, 2.24) is 5.16 Å². The SMILES string of the molecule is CC(=O)Nc1ccc(NC(=O)C2CC(=O)N(c3cc(C)on3)C2)cc1. The Kier molecular flexibility index (Phi) is 4.51. The van der Waals surface area contributed by atoms with Crippen molar-refractivity contribution >= 4 is 34.9 Å². The molecule has 1 fully saturated rings. The third kappa shape index (κ3) is 3.85. The number of amides is 3. The summed E-state index contributed by atoms with van der Waals surface area (Å²) in [5, 5.41) is 9.26. The van der Waals surface area contributed by atoms with Crippen LogP contribution in [0.3, 0.4) is 0 Å². The van der Waals surface area contributed by atoms with Crippen molar-refractivity contribution < 1.29 is 18.9 Å². The predicted octanol–water partition coefficient (Wildman–Crippen LogP) is 1.93. The number of benzene rings is 1. The van der Waals surface area contributed by atoms with E-state index in [4.69, 9.17) is 4.52 Å². The number of aromatic nitrogens is 1. The molecular weight excluding hydrogens is 324 g/mol. The van der Waals surface area contributed by atoms with E-state index in [2.05, 4.69) is 15.8 Å². The molecule has 1 aromatic heterocycles.